The topological polar surface area (TPSA) is 101 Å². The van der Waals surface area contributed by atoms with Crippen molar-refractivity contribution in [1.82, 2.24) is 4.90 Å². The van der Waals surface area contributed by atoms with Gasteiger partial charge in [-0.05, 0) is 30.9 Å². The number of hydrogen-bond donors (Lipinski definition) is 1. The SMILES string of the molecule is CC(C(=O)N1Cc2ccccc2CC1C(=O)O)S(=O)(=O)C1CCOCC1. The Labute approximate surface area is 152 Å². The first kappa shape index (κ1) is 18.8. The Morgan fingerprint density at radius 3 is 2.42 bits per heavy atom. The Bertz CT molecular complexity index is 800. The van der Waals surface area contributed by atoms with Crippen LogP contribution in [0.3, 0.4) is 0 Å². The Balaban J connectivity index is 1.86. The van der Waals surface area contributed by atoms with Gasteiger partial charge in [0.1, 0.15) is 11.3 Å². The van der Waals surface area contributed by atoms with Gasteiger partial charge >= 0.3 is 5.97 Å². The maximum Gasteiger partial charge on any atom is 0.326 e. The highest BCUT2D eigenvalue weighted by atomic mass is 32.2. The number of ether oxygens (including phenoxy) is 1. The molecule has 0 aliphatic carbocycles. The van der Waals surface area contributed by atoms with E-state index in [0.717, 1.165) is 11.1 Å². The van der Waals surface area contributed by atoms with E-state index in [4.69, 9.17) is 4.74 Å². The minimum atomic E-state index is -3.70. The van der Waals surface area contributed by atoms with Crippen molar-refractivity contribution in [3.05, 3.63) is 35.4 Å². The first-order chi connectivity index (χ1) is 12.3. The van der Waals surface area contributed by atoms with Crippen molar-refractivity contribution in [2.24, 2.45) is 0 Å². The Morgan fingerprint density at radius 2 is 1.81 bits per heavy atom. The summed E-state index contributed by atoms with van der Waals surface area (Å²) < 4.78 is 30.9. The molecular weight excluding hydrogens is 358 g/mol. The van der Waals surface area contributed by atoms with E-state index in [1.165, 1.54) is 11.8 Å². The van der Waals surface area contributed by atoms with E-state index in [2.05, 4.69) is 0 Å². The first-order valence-corrected chi connectivity index (χ1v) is 10.3. The van der Waals surface area contributed by atoms with Crippen LogP contribution < -0.4 is 0 Å². The molecule has 1 aromatic rings. The number of carboxylic acids is 1. The lowest BCUT2D eigenvalue weighted by Gasteiger charge is -2.36. The number of benzene rings is 1. The van der Waals surface area contributed by atoms with Crippen LogP contribution in [-0.2, 0) is 37.1 Å². The molecule has 0 aromatic heterocycles. The highest BCUT2D eigenvalue weighted by Gasteiger charge is 2.42. The molecule has 7 nitrogen and oxygen atoms in total. The Morgan fingerprint density at radius 1 is 1.19 bits per heavy atom. The van der Waals surface area contributed by atoms with Crippen LogP contribution in [0.5, 0.6) is 0 Å². The summed E-state index contributed by atoms with van der Waals surface area (Å²) in [7, 11) is -3.70. The molecule has 2 atom stereocenters. The van der Waals surface area contributed by atoms with Gasteiger partial charge in [0.15, 0.2) is 9.84 Å². The number of aliphatic carboxylic acids is 1. The molecule has 0 saturated carbocycles. The molecule has 1 aromatic carbocycles. The van der Waals surface area contributed by atoms with Gasteiger partial charge in [0.25, 0.3) is 0 Å². The van der Waals surface area contributed by atoms with Gasteiger partial charge in [-0.15, -0.1) is 0 Å². The molecule has 2 aliphatic rings. The summed E-state index contributed by atoms with van der Waals surface area (Å²) in [6, 6.07) is 6.28. The monoisotopic (exact) mass is 381 g/mol. The molecule has 142 valence electrons. The summed E-state index contributed by atoms with van der Waals surface area (Å²) in [5, 5.41) is 7.68. The molecule has 0 bridgehead atoms. The average Bonchev–Trinajstić information content (AvgIpc) is 2.66. The summed E-state index contributed by atoms with van der Waals surface area (Å²) in [6.45, 7) is 2.20. The van der Waals surface area contributed by atoms with Gasteiger partial charge in [-0.3, -0.25) is 4.79 Å². The van der Waals surface area contributed by atoms with Crippen LogP contribution in [-0.4, -0.2) is 60.1 Å². The number of hydrogen-bond acceptors (Lipinski definition) is 5. The third kappa shape index (κ3) is 3.48. The van der Waals surface area contributed by atoms with E-state index in [1.807, 2.05) is 24.3 Å². The molecule has 3 rings (SSSR count). The number of carbonyl (C=O) groups excluding carboxylic acids is 1. The van der Waals surface area contributed by atoms with Gasteiger partial charge in [-0.2, -0.15) is 0 Å². The number of rotatable bonds is 4. The molecule has 2 heterocycles. The van der Waals surface area contributed by atoms with Gasteiger partial charge in [-0.25, -0.2) is 13.2 Å². The van der Waals surface area contributed by atoms with Crippen LogP contribution in [0.1, 0.15) is 30.9 Å². The second-order valence-corrected chi connectivity index (χ2v) is 9.39. The van der Waals surface area contributed by atoms with E-state index in [0.29, 0.717) is 26.1 Å². The van der Waals surface area contributed by atoms with Crippen LogP contribution in [0, 0.1) is 0 Å². The van der Waals surface area contributed by atoms with Crippen molar-refractivity contribution in [3.63, 3.8) is 0 Å². The molecular formula is C18H23NO6S. The lowest BCUT2D eigenvalue weighted by molar-refractivity contribution is -0.151. The van der Waals surface area contributed by atoms with Crippen molar-refractivity contribution in [3.8, 4) is 0 Å². The Kier molecular flexibility index (Phi) is 5.34. The van der Waals surface area contributed by atoms with Gasteiger partial charge in [0.05, 0.1) is 5.25 Å². The number of nitrogens with zero attached hydrogens (tertiary/aromatic N) is 1. The van der Waals surface area contributed by atoms with E-state index >= 15 is 0 Å². The van der Waals surface area contributed by atoms with Gasteiger partial charge in [0.2, 0.25) is 5.91 Å². The summed E-state index contributed by atoms with van der Waals surface area (Å²) >= 11 is 0. The zero-order valence-corrected chi connectivity index (χ0v) is 15.4. The lowest BCUT2D eigenvalue weighted by atomic mass is 9.94. The second-order valence-electron chi connectivity index (χ2n) is 6.84. The molecule has 1 amide bonds. The third-order valence-electron chi connectivity index (χ3n) is 5.29. The fourth-order valence-corrected chi connectivity index (χ4v) is 5.49. The van der Waals surface area contributed by atoms with Crippen molar-refractivity contribution >= 4 is 21.7 Å². The van der Waals surface area contributed by atoms with E-state index in [-0.39, 0.29) is 13.0 Å². The van der Waals surface area contributed by atoms with Crippen LogP contribution in [0.25, 0.3) is 0 Å². The molecule has 2 aliphatic heterocycles. The van der Waals surface area contributed by atoms with Crippen molar-refractivity contribution in [1.29, 1.82) is 0 Å². The summed E-state index contributed by atoms with van der Waals surface area (Å²) in [5.41, 5.74) is 1.73. The molecule has 1 saturated heterocycles. The van der Waals surface area contributed by atoms with Gasteiger partial charge in [0, 0.05) is 26.2 Å². The fraction of sp³-hybridized carbons (Fsp3) is 0.556. The highest BCUT2D eigenvalue weighted by Crippen LogP contribution is 2.27. The summed E-state index contributed by atoms with van der Waals surface area (Å²) in [4.78, 5) is 25.9. The minimum Gasteiger partial charge on any atom is -0.480 e. The van der Waals surface area contributed by atoms with Gasteiger partial charge < -0.3 is 14.7 Å². The predicted octanol–water partition coefficient (Wildman–Crippen LogP) is 1.01. The van der Waals surface area contributed by atoms with Crippen molar-refractivity contribution < 1.29 is 27.9 Å². The Hall–Kier alpha value is -1.93. The normalized spacial score (nSPS) is 22.5. The van der Waals surface area contributed by atoms with E-state index < -0.39 is 38.3 Å². The number of sulfone groups is 1. The quantitative estimate of drug-likeness (QED) is 0.835. The molecule has 0 radical (unpaired) electrons. The molecule has 1 N–H and O–H groups in total. The largest absolute Gasteiger partial charge is 0.480 e. The van der Waals surface area contributed by atoms with Crippen LogP contribution >= 0.6 is 0 Å². The predicted molar refractivity (Wildman–Crippen MR) is 94.3 cm³/mol. The van der Waals surface area contributed by atoms with Gasteiger partial charge in [-0.1, -0.05) is 24.3 Å². The molecule has 2 unspecified atom stereocenters. The molecule has 0 spiro atoms. The first-order valence-electron chi connectivity index (χ1n) is 8.73. The smallest absolute Gasteiger partial charge is 0.326 e. The van der Waals surface area contributed by atoms with E-state index in [1.54, 1.807) is 0 Å². The zero-order valence-electron chi connectivity index (χ0n) is 14.6. The lowest BCUT2D eigenvalue weighted by Crippen LogP contribution is -2.53. The highest BCUT2D eigenvalue weighted by molar-refractivity contribution is 7.93. The number of amides is 1. The number of fused-ring (bicyclic) bond motifs is 1. The van der Waals surface area contributed by atoms with E-state index in [9.17, 15) is 23.1 Å². The van der Waals surface area contributed by atoms with Crippen LogP contribution in [0.4, 0.5) is 0 Å². The van der Waals surface area contributed by atoms with Crippen molar-refractivity contribution in [2.75, 3.05) is 13.2 Å². The zero-order chi connectivity index (χ0) is 18.9. The van der Waals surface area contributed by atoms with Crippen LogP contribution in [0.2, 0.25) is 0 Å². The number of carboxylic acid groups (broad SMARTS) is 1. The molecule has 26 heavy (non-hydrogen) atoms. The average molecular weight is 381 g/mol. The number of carbonyl (C=O) groups is 2. The summed E-state index contributed by atoms with van der Waals surface area (Å²) in [5.74, 6) is -1.76. The second kappa shape index (κ2) is 7.36. The maximum atomic E-state index is 13.0. The summed E-state index contributed by atoms with van der Waals surface area (Å²) in [6.07, 6.45) is 0.914. The fourth-order valence-electron chi connectivity index (χ4n) is 3.64. The third-order valence-corrected chi connectivity index (χ3v) is 7.88. The minimum absolute atomic E-state index is 0.111. The standard InChI is InChI=1S/C18H23NO6S/c1-12(26(23,24)15-6-8-25-9-7-15)17(20)19-11-14-5-3-2-4-13(14)10-16(19)18(21)22/h2-5,12,15-16H,6-11H2,1H3,(H,21,22). The van der Waals surface area contributed by atoms with Crippen LogP contribution in [0.15, 0.2) is 24.3 Å². The molecule has 1 fully saturated rings. The van der Waals surface area contributed by atoms with Crippen molar-refractivity contribution in [2.45, 2.75) is 49.3 Å². The maximum absolute atomic E-state index is 13.0. The molecule has 8 heteroatoms.